The second-order valence-corrected chi connectivity index (χ2v) is 8.67. The highest BCUT2D eigenvalue weighted by Gasteiger charge is 2.31. The van der Waals surface area contributed by atoms with Gasteiger partial charge in [0.2, 0.25) is 5.78 Å². The maximum absolute atomic E-state index is 12.9. The fourth-order valence-electron chi connectivity index (χ4n) is 4.91. The van der Waals surface area contributed by atoms with E-state index in [4.69, 9.17) is 4.74 Å². The Kier molecular flexibility index (Phi) is 4.31. The fraction of sp³-hybridized carbons (Fsp3) is 0.333. The van der Waals surface area contributed by atoms with Crippen molar-refractivity contribution in [3.8, 4) is 11.5 Å². The van der Waals surface area contributed by atoms with E-state index in [9.17, 15) is 9.90 Å². The third-order valence-corrected chi connectivity index (χ3v) is 6.04. The molecule has 6 heteroatoms. The van der Waals surface area contributed by atoms with Gasteiger partial charge in [0.25, 0.3) is 0 Å². The molecular weight excluding hydrogens is 378 g/mol. The van der Waals surface area contributed by atoms with E-state index in [1.165, 1.54) is 12.5 Å². The Morgan fingerprint density at radius 1 is 1.20 bits per heavy atom. The van der Waals surface area contributed by atoms with E-state index < -0.39 is 0 Å². The maximum Gasteiger partial charge on any atom is 0.235 e. The molecule has 0 spiro atoms. The van der Waals surface area contributed by atoms with E-state index in [2.05, 4.69) is 29.8 Å². The van der Waals surface area contributed by atoms with Gasteiger partial charge in [0.05, 0.1) is 0 Å². The molecule has 2 atom stereocenters. The van der Waals surface area contributed by atoms with Crippen molar-refractivity contribution in [3.05, 3.63) is 53.5 Å². The molecule has 30 heavy (non-hydrogen) atoms. The minimum atomic E-state index is -0.300. The number of aromatic hydroxyl groups is 1. The van der Waals surface area contributed by atoms with E-state index >= 15 is 0 Å². The topological polar surface area (TPSA) is 67.6 Å². The molecule has 2 aromatic heterocycles. The van der Waals surface area contributed by atoms with E-state index in [1.54, 1.807) is 18.2 Å². The number of nitrogens with zero attached hydrogens (tertiary/aromatic N) is 3. The number of hydrogen-bond acceptors (Lipinski definition) is 5. The predicted molar refractivity (Wildman–Crippen MR) is 117 cm³/mol. The Morgan fingerprint density at radius 2 is 1.97 bits per heavy atom. The molecule has 0 aliphatic carbocycles. The molecule has 3 aromatic rings. The molecule has 5 rings (SSSR count). The molecule has 1 saturated heterocycles. The van der Waals surface area contributed by atoms with Gasteiger partial charge in [0.1, 0.15) is 22.7 Å². The van der Waals surface area contributed by atoms with Crippen molar-refractivity contribution in [2.45, 2.75) is 20.3 Å². The van der Waals surface area contributed by atoms with Crippen LogP contribution in [0.4, 0.5) is 5.69 Å². The number of hydrogen-bond donors (Lipinski definition) is 1. The van der Waals surface area contributed by atoms with Gasteiger partial charge in [-0.1, -0.05) is 19.9 Å². The van der Waals surface area contributed by atoms with Crippen LogP contribution in [0, 0.1) is 11.8 Å². The number of fused-ring (bicyclic) bond motifs is 2. The first kappa shape index (κ1) is 18.7. The number of ether oxygens (including phenoxy) is 1. The molecule has 154 valence electrons. The molecule has 1 fully saturated rings. The summed E-state index contributed by atoms with van der Waals surface area (Å²) in [6.45, 7) is 6.60. The van der Waals surface area contributed by atoms with Crippen molar-refractivity contribution in [2.24, 2.45) is 18.9 Å². The first-order valence-electron chi connectivity index (χ1n) is 10.4. The lowest BCUT2D eigenvalue weighted by Crippen LogP contribution is -2.38. The summed E-state index contributed by atoms with van der Waals surface area (Å²) >= 11 is 0. The summed E-state index contributed by atoms with van der Waals surface area (Å²) < 4.78 is 7.77. The van der Waals surface area contributed by atoms with Crippen LogP contribution in [0.15, 0.2) is 42.4 Å². The summed E-state index contributed by atoms with van der Waals surface area (Å²) in [5.74, 6) is 1.50. The first-order chi connectivity index (χ1) is 14.4. The Balaban J connectivity index is 1.62. The van der Waals surface area contributed by atoms with Crippen molar-refractivity contribution >= 4 is 28.6 Å². The average molecular weight is 403 g/mol. The number of phenols is 1. The fourth-order valence-corrected chi connectivity index (χ4v) is 4.91. The van der Waals surface area contributed by atoms with Crippen LogP contribution < -0.4 is 9.64 Å². The number of aryl methyl sites for hydroxylation is 1. The van der Waals surface area contributed by atoms with Crippen LogP contribution >= 0.6 is 0 Å². The van der Waals surface area contributed by atoms with Crippen LogP contribution in [0.5, 0.6) is 11.5 Å². The quantitative estimate of drug-likeness (QED) is 0.643. The zero-order chi connectivity index (χ0) is 21.0. The molecule has 0 saturated carbocycles. The van der Waals surface area contributed by atoms with Gasteiger partial charge < -0.3 is 19.3 Å². The van der Waals surface area contributed by atoms with Crippen LogP contribution in [0.25, 0.3) is 17.1 Å². The monoisotopic (exact) mass is 403 g/mol. The highest BCUT2D eigenvalue weighted by Crippen LogP contribution is 2.39. The van der Waals surface area contributed by atoms with Crippen molar-refractivity contribution in [1.82, 2.24) is 9.55 Å². The van der Waals surface area contributed by atoms with Crippen LogP contribution in [0.1, 0.15) is 36.2 Å². The zero-order valence-electron chi connectivity index (χ0n) is 17.4. The summed E-state index contributed by atoms with van der Waals surface area (Å²) in [5.41, 5.74) is 3.12. The van der Waals surface area contributed by atoms with Gasteiger partial charge in [-0.15, -0.1) is 0 Å². The van der Waals surface area contributed by atoms with Gasteiger partial charge in [-0.25, -0.2) is 4.98 Å². The van der Waals surface area contributed by atoms with Gasteiger partial charge in [-0.3, -0.25) is 4.79 Å². The number of carbonyl (C=O) groups excluding carboxylic acids is 1. The van der Waals surface area contributed by atoms with E-state index in [-0.39, 0.29) is 22.9 Å². The minimum Gasteiger partial charge on any atom is -0.507 e. The summed E-state index contributed by atoms with van der Waals surface area (Å²) in [4.78, 5) is 19.9. The normalized spacial score (nSPS) is 22.6. The van der Waals surface area contributed by atoms with Gasteiger partial charge in [-0.2, -0.15) is 0 Å². The molecule has 2 unspecified atom stereocenters. The molecule has 6 nitrogen and oxygen atoms in total. The molecule has 1 aromatic carbocycles. The maximum atomic E-state index is 12.9. The molecule has 0 bridgehead atoms. The molecular formula is C24H25N3O3. The number of benzene rings is 1. The number of ketones is 1. The number of piperidine rings is 1. The number of phenolic OH excluding ortho intramolecular Hbond substituents is 1. The average Bonchev–Trinajstić information content (AvgIpc) is 3.19. The Bertz CT molecular complexity index is 1180. The van der Waals surface area contributed by atoms with Crippen LogP contribution in [-0.2, 0) is 7.05 Å². The van der Waals surface area contributed by atoms with Crippen LogP contribution in [-0.4, -0.2) is 33.5 Å². The zero-order valence-corrected chi connectivity index (χ0v) is 17.4. The van der Waals surface area contributed by atoms with Crippen molar-refractivity contribution in [2.75, 3.05) is 18.0 Å². The third-order valence-electron chi connectivity index (χ3n) is 6.04. The second kappa shape index (κ2) is 6.90. The van der Waals surface area contributed by atoms with E-state index in [0.717, 1.165) is 35.4 Å². The lowest BCUT2D eigenvalue weighted by Gasteiger charge is -2.37. The lowest BCUT2D eigenvalue weighted by atomic mass is 9.91. The van der Waals surface area contributed by atoms with Crippen LogP contribution in [0.2, 0.25) is 0 Å². The summed E-state index contributed by atoms with van der Waals surface area (Å²) in [6.07, 6.45) is 6.83. The summed E-state index contributed by atoms with van der Waals surface area (Å²) in [5, 5.41) is 11.1. The first-order valence-corrected chi connectivity index (χ1v) is 10.4. The molecule has 1 N–H and O–H groups in total. The highest BCUT2D eigenvalue weighted by molar-refractivity contribution is 6.17. The second-order valence-electron chi connectivity index (χ2n) is 8.67. The van der Waals surface area contributed by atoms with Gasteiger partial charge >= 0.3 is 0 Å². The summed E-state index contributed by atoms with van der Waals surface area (Å²) in [7, 11) is 1.96. The lowest BCUT2D eigenvalue weighted by molar-refractivity contribution is 0.101. The number of anilines is 1. The summed E-state index contributed by atoms with van der Waals surface area (Å²) in [6, 6.07) is 6.93. The molecule has 2 aliphatic rings. The molecule has 2 aliphatic heterocycles. The number of carbonyl (C=O) groups is 1. The number of pyridine rings is 1. The third kappa shape index (κ3) is 2.95. The Labute approximate surface area is 175 Å². The van der Waals surface area contributed by atoms with Gasteiger partial charge in [0.15, 0.2) is 5.76 Å². The van der Waals surface area contributed by atoms with Crippen molar-refractivity contribution < 1.29 is 14.6 Å². The highest BCUT2D eigenvalue weighted by atomic mass is 16.5. The molecule has 0 amide bonds. The molecule has 4 heterocycles. The smallest absolute Gasteiger partial charge is 0.235 e. The minimum absolute atomic E-state index is 0.0579. The molecule has 0 radical (unpaired) electrons. The van der Waals surface area contributed by atoms with Crippen molar-refractivity contribution in [3.63, 3.8) is 0 Å². The Hall–Kier alpha value is -3.28. The van der Waals surface area contributed by atoms with Gasteiger partial charge in [-0.05, 0) is 42.5 Å². The van der Waals surface area contributed by atoms with E-state index in [0.29, 0.717) is 17.6 Å². The SMILES string of the molecule is CC1CC(C)CN(c2ccnc3c2c(C=C2Oc4cccc(O)c4C2=O)cn3C)C1. The van der Waals surface area contributed by atoms with Crippen molar-refractivity contribution in [1.29, 1.82) is 0 Å². The Morgan fingerprint density at radius 3 is 2.70 bits per heavy atom. The largest absolute Gasteiger partial charge is 0.507 e. The van der Waals surface area contributed by atoms with Crippen LogP contribution in [0.3, 0.4) is 0 Å². The predicted octanol–water partition coefficient (Wildman–Crippen LogP) is 4.38. The number of Topliss-reactive ketones (excluding diaryl/α,β-unsaturated/α-hetero) is 1. The van der Waals surface area contributed by atoms with Gasteiger partial charge in [0, 0.05) is 49.2 Å². The number of allylic oxidation sites excluding steroid dienone is 1. The standard InChI is InChI=1S/C24H25N3O3/c1-14-9-15(2)12-27(11-14)17-7-8-25-24-21(17)16(13-26(24)3)10-20-23(29)22-18(28)5-4-6-19(22)30-20/h4-8,10,13-15,28H,9,11-12H2,1-3H3. The van der Waals surface area contributed by atoms with E-state index in [1.807, 2.05) is 24.0 Å². The number of aromatic nitrogens is 2. The number of rotatable bonds is 2.